The molecule has 1 saturated heterocycles. The molecule has 1 aliphatic rings. The zero-order valence-electron chi connectivity index (χ0n) is 15.7. The van der Waals surface area contributed by atoms with Gasteiger partial charge in [0.05, 0.1) is 29.3 Å². The quantitative estimate of drug-likeness (QED) is 0.599. The van der Waals surface area contributed by atoms with Gasteiger partial charge in [-0.15, -0.1) is 11.3 Å². The molecule has 29 heavy (non-hydrogen) atoms. The Balaban J connectivity index is 1.39. The minimum Gasteiger partial charge on any atom is -0.298 e. The summed E-state index contributed by atoms with van der Waals surface area (Å²) < 4.78 is 38.3. The Kier molecular flexibility index (Phi) is 5.65. The SMILES string of the molecule is O=C(Cc1cc2cc(-c3cncs3)ccc2cn1)CN1CCC(C(F)(F)F)CC1. The number of carbonyl (C=O) groups excluding carboxylic acids is 1. The Morgan fingerprint density at radius 1 is 1.14 bits per heavy atom. The van der Waals surface area contributed by atoms with Crippen LogP contribution in [-0.4, -0.2) is 46.5 Å². The number of fused-ring (bicyclic) bond motifs is 1. The van der Waals surface area contributed by atoms with Crippen molar-refractivity contribution in [1.82, 2.24) is 14.9 Å². The number of pyridine rings is 1. The zero-order chi connectivity index (χ0) is 20.4. The van der Waals surface area contributed by atoms with E-state index in [1.54, 1.807) is 23.0 Å². The lowest BCUT2D eigenvalue weighted by Gasteiger charge is -2.32. The molecule has 152 valence electrons. The first-order chi connectivity index (χ1) is 13.9. The van der Waals surface area contributed by atoms with Crippen LogP contribution in [-0.2, 0) is 11.2 Å². The molecule has 1 aliphatic heterocycles. The number of piperidine rings is 1. The number of thiazole rings is 1. The second kappa shape index (κ2) is 8.20. The first-order valence-electron chi connectivity index (χ1n) is 9.47. The number of Topliss-reactive ketones (excluding diaryl/α,β-unsaturated/α-hetero) is 1. The first-order valence-corrected chi connectivity index (χ1v) is 10.3. The van der Waals surface area contributed by atoms with E-state index in [4.69, 9.17) is 0 Å². The van der Waals surface area contributed by atoms with E-state index in [2.05, 4.69) is 16.0 Å². The van der Waals surface area contributed by atoms with Crippen LogP contribution in [0.1, 0.15) is 18.5 Å². The average molecular weight is 419 g/mol. The summed E-state index contributed by atoms with van der Waals surface area (Å²) in [5.74, 6) is -1.27. The number of halogens is 3. The zero-order valence-corrected chi connectivity index (χ0v) is 16.5. The lowest BCUT2D eigenvalue weighted by atomic mass is 9.96. The van der Waals surface area contributed by atoms with Gasteiger partial charge in [-0.3, -0.25) is 19.7 Å². The molecule has 0 aliphatic carbocycles. The van der Waals surface area contributed by atoms with Crippen LogP contribution in [0.4, 0.5) is 13.2 Å². The maximum Gasteiger partial charge on any atom is 0.391 e. The van der Waals surface area contributed by atoms with Gasteiger partial charge in [0.15, 0.2) is 5.78 Å². The van der Waals surface area contributed by atoms with Crippen molar-refractivity contribution in [1.29, 1.82) is 0 Å². The van der Waals surface area contributed by atoms with E-state index in [9.17, 15) is 18.0 Å². The number of rotatable bonds is 5. The van der Waals surface area contributed by atoms with E-state index >= 15 is 0 Å². The second-order valence-corrected chi connectivity index (χ2v) is 8.30. The van der Waals surface area contributed by atoms with Crippen LogP contribution < -0.4 is 0 Å². The number of carbonyl (C=O) groups is 1. The number of likely N-dealkylation sites (tertiary alicyclic amines) is 1. The van der Waals surface area contributed by atoms with Crippen molar-refractivity contribution in [3.63, 3.8) is 0 Å². The molecule has 0 amide bonds. The van der Waals surface area contributed by atoms with E-state index in [1.165, 1.54) is 0 Å². The summed E-state index contributed by atoms with van der Waals surface area (Å²) in [6, 6.07) is 7.98. The van der Waals surface area contributed by atoms with Gasteiger partial charge in [0.1, 0.15) is 0 Å². The van der Waals surface area contributed by atoms with Crippen molar-refractivity contribution in [2.75, 3.05) is 19.6 Å². The highest BCUT2D eigenvalue weighted by molar-refractivity contribution is 7.13. The van der Waals surface area contributed by atoms with Gasteiger partial charge in [-0.1, -0.05) is 12.1 Å². The average Bonchev–Trinajstić information content (AvgIpc) is 3.22. The maximum atomic E-state index is 12.8. The number of alkyl halides is 3. The van der Waals surface area contributed by atoms with Gasteiger partial charge in [0, 0.05) is 23.5 Å². The summed E-state index contributed by atoms with van der Waals surface area (Å²) in [7, 11) is 0. The molecular formula is C21H20F3N3OS. The molecule has 0 spiro atoms. The van der Waals surface area contributed by atoms with Gasteiger partial charge in [0.2, 0.25) is 0 Å². The number of aromatic nitrogens is 2. The van der Waals surface area contributed by atoms with Crippen LogP contribution >= 0.6 is 11.3 Å². The lowest BCUT2D eigenvalue weighted by Crippen LogP contribution is -2.41. The summed E-state index contributed by atoms with van der Waals surface area (Å²) in [6.07, 6.45) is -0.261. The van der Waals surface area contributed by atoms with Crippen LogP contribution in [0.2, 0.25) is 0 Å². The minimum absolute atomic E-state index is 0.0269. The fraction of sp³-hybridized carbons (Fsp3) is 0.381. The number of nitrogens with zero attached hydrogens (tertiary/aromatic N) is 3. The lowest BCUT2D eigenvalue weighted by molar-refractivity contribution is -0.185. The van der Waals surface area contributed by atoms with Crippen molar-refractivity contribution in [2.45, 2.75) is 25.4 Å². The molecular weight excluding hydrogens is 399 g/mol. The Labute approximate surface area is 170 Å². The van der Waals surface area contributed by atoms with Crippen LogP contribution in [0.5, 0.6) is 0 Å². The monoisotopic (exact) mass is 419 g/mol. The summed E-state index contributed by atoms with van der Waals surface area (Å²) in [4.78, 5) is 23.8. The fourth-order valence-corrected chi connectivity index (χ4v) is 4.34. The fourth-order valence-electron chi connectivity index (χ4n) is 3.72. The van der Waals surface area contributed by atoms with Gasteiger partial charge in [-0.05, 0) is 49.0 Å². The molecule has 0 atom stereocenters. The van der Waals surface area contributed by atoms with E-state index in [0.717, 1.165) is 21.2 Å². The third kappa shape index (κ3) is 4.82. The van der Waals surface area contributed by atoms with Gasteiger partial charge in [0.25, 0.3) is 0 Å². The Bertz CT molecular complexity index is 996. The molecule has 2 aromatic heterocycles. The van der Waals surface area contributed by atoms with Gasteiger partial charge in [-0.25, -0.2) is 0 Å². The largest absolute Gasteiger partial charge is 0.391 e. The van der Waals surface area contributed by atoms with E-state index in [0.29, 0.717) is 18.8 Å². The summed E-state index contributed by atoms with van der Waals surface area (Å²) >= 11 is 1.56. The molecule has 1 fully saturated rings. The number of hydrogen-bond donors (Lipinski definition) is 0. The first kappa shape index (κ1) is 20.0. The second-order valence-electron chi connectivity index (χ2n) is 7.41. The summed E-state index contributed by atoms with van der Waals surface area (Å²) in [5, 5.41) is 1.99. The predicted molar refractivity (Wildman–Crippen MR) is 107 cm³/mol. The van der Waals surface area contributed by atoms with Crippen molar-refractivity contribution in [2.24, 2.45) is 5.92 Å². The van der Waals surface area contributed by atoms with E-state index in [1.807, 2.05) is 29.3 Å². The maximum absolute atomic E-state index is 12.8. The highest BCUT2D eigenvalue weighted by Crippen LogP contribution is 2.34. The van der Waals surface area contributed by atoms with Crippen LogP contribution in [0, 0.1) is 5.92 Å². The molecule has 4 nitrogen and oxygen atoms in total. The third-order valence-electron chi connectivity index (χ3n) is 5.32. The molecule has 0 bridgehead atoms. The predicted octanol–water partition coefficient (Wildman–Crippen LogP) is 4.74. The molecule has 0 unspecified atom stereocenters. The number of ketones is 1. The van der Waals surface area contributed by atoms with E-state index < -0.39 is 12.1 Å². The Morgan fingerprint density at radius 3 is 2.62 bits per heavy atom. The molecule has 4 rings (SSSR count). The molecule has 1 aromatic carbocycles. The molecule has 0 radical (unpaired) electrons. The standard InChI is InChI=1S/C21H20F3N3OS/c22-21(23,24)17-3-5-27(6-4-17)12-19(28)9-18-8-16-7-14(20-11-25-13-29-20)1-2-15(16)10-26-18/h1-2,7-8,10-11,13,17H,3-6,9,12H2. The molecule has 0 N–H and O–H groups in total. The van der Waals surface area contributed by atoms with E-state index in [-0.39, 0.29) is 31.6 Å². The third-order valence-corrected chi connectivity index (χ3v) is 6.15. The minimum atomic E-state index is -4.14. The normalized spacial score (nSPS) is 16.4. The topological polar surface area (TPSA) is 46.1 Å². The van der Waals surface area contributed by atoms with Gasteiger partial charge in [-0.2, -0.15) is 13.2 Å². The van der Waals surface area contributed by atoms with Gasteiger partial charge >= 0.3 is 6.18 Å². The molecule has 8 heteroatoms. The van der Waals surface area contributed by atoms with Crippen molar-refractivity contribution < 1.29 is 18.0 Å². The number of hydrogen-bond acceptors (Lipinski definition) is 5. The van der Waals surface area contributed by atoms with Crippen LogP contribution in [0.15, 0.2) is 42.2 Å². The van der Waals surface area contributed by atoms with Gasteiger partial charge < -0.3 is 0 Å². The molecule has 3 aromatic rings. The molecule has 0 saturated carbocycles. The van der Waals surface area contributed by atoms with Crippen LogP contribution in [0.3, 0.4) is 0 Å². The Morgan fingerprint density at radius 2 is 1.93 bits per heavy atom. The summed E-state index contributed by atoms with van der Waals surface area (Å²) in [6.45, 7) is 0.781. The number of benzene rings is 1. The summed E-state index contributed by atoms with van der Waals surface area (Å²) in [5.41, 5.74) is 3.53. The van der Waals surface area contributed by atoms with Crippen molar-refractivity contribution in [3.8, 4) is 10.4 Å². The highest BCUT2D eigenvalue weighted by atomic mass is 32.1. The van der Waals surface area contributed by atoms with Crippen molar-refractivity contribution in [3.05, 3.63) is 47.9 Å². The highest BCUT2D eigenvalue weighted by Gasteiger charge is 2.41. The molecule has 3 heterocycles. The Hall–Kier alpha value is -2.32. The smallest absolute Gasteiger partial charge is 0.298 e. The van der Waals surface area contributed by atoms with Crippen molar-refractivity contribution >= 4 is 27.9 Å². The van der Waals surface area contributed by atoms with Crippen LogP contribution in [0.25, 0.3) is 21.2 Å².